The lowest BCUT2D eigenvalue weighted by atomic mass is 10.0. The fraction of sp³-hybridized carbons (Fsp3) is 0.0400. The summed E-state index contributed by atoms with van der Waals surface area (Å²) in [5, 5.41) is 2.35. The van der Waals surface area contributed by atoms with Crippen molar-refractivity contribution in [2.45, 2.75) is 16.8 Å². The molecule has 30 heavy (non-hydrogen) atoms. The number of aromatic nitrogens is 1. The van der Waals surface area contributed by atoms with Crippen molar-refractivity contribution in [1.29, 1.82) is 0 Å². The zero-order chi connectivity index (χ0) is 21.1. The number of hydrogen-bond acceptors (Lipinski definition) is 3. The number of fused-ring (bicyclic) bond motifs is 1. The van der Waals surface area contributed by atoms with E-state index in [9.17, 15) is 4.79 Å². The summed E-state index contributed by atoms with van der Waals surface area (Å²) in [4.78, 5) is 19.0. The molecule has 4 aromatic rings. The predicted molar refractivity (Wildman–Crippen MR) is 130 cm³/mol. The molecule has 0 aliphatic heterocycles. The molecule has 0 radical (unpaired) electrons. The zero-order valence-electron chi connectivity index (χ0n) is 16.1. The van der Waals surface area contributed by atoms with E-state index in [0.29, 0.717) is 15.6 Å². The van der Waals surface area contributed by atoms with E-state index in [-0.39, 0.29) is 5.78 Å². The molecule has 0 saturated heterocycles. The molecule has 148 valence electrons. The smallest absolute Gasteiger partial charge is 0.188 e. The van der Waals surface area contributed by atoms with Gasteiger partial charge >= 0.3 is 0 Å². The van der Waals surface area contributed by atoms with Crippen molar-refractivity contribution in [3.05, 3.63) is 105 Å². The number of rotatable bonds is 5. The van der Waals surface area contributed by atoms with Crippen LogP contribution in [-0.2, 0) is 0 Å². The SMILES string of the molecule is Cc1c(C(=O)C=Cc2ccc(Br)cc2)c(Sc2ccc(Cl)cc2)nc2ccccc12. The van der Waals surface area contributed by atoms with Crippen LogP contribution < -0.4 is 0 Å². The number of carbonyl (C=O) groups is 1. The predicted octanol–water partition coefficient (Wildman–Crippen LogP) is 8.01. The van der Waals surface area contributed by atoms with E-state index >= 15 is 0 Å². The number of halogens is 2. The van der Waals surface area contributed by atoms with Crippen molar-refractivity contribution in [1.82, 2.24) is 4.98 Å². The first-order chi connectivity index (χ1) is 14.5. The summed E-state index contributed by atoms with van der Waals surface area (Å²) >= 11 is 10.9. The van der Waals surface area contributed by atoms with Gasteiger partial charge in [-0.05, 0) is 66.6 Å². The quantitative estimate of drug-likeness (QED) is 0.208. The Morgan fingerprint density at radius 1 is 1.00 bits per heavy atom. The number of aryl methyl sites for hydroxylation is 1. The van der Waals surface area contributed by atoms with Gasteiger partial charge in [-0.15, -0.1) is 0 Å². The maximum Gasteiger partial charge on any atom is 0.188 e. The highest BCUT2D eigenvalue weighted by Crippen LogP contribution is 2.34. The first kappa shape index (κ1) is 20.9. The van der Waals surface area contributed by atoms with E-state index in [1.54, 1.807) is 6.08 Å². The van der Waals surface area contributed by atoms with Gasteiger partial charge in [0.15, 0.2) is 5.78 Å². The molecule has 0 fully saturated rings. The average Bonchev–Trinajstić information content (AvgIpc) is 2.75. The van der Waals surface area contributed by atoms with Gasteiger partial charge in [0.1, 0.15) is 5.03 Å². The molecular weight excluding hydrogens is 478 g/mol. The average molecular weight is 495 g/mol. The van der Waals surface area contributed by atoms with Crippen molar-refractivity contribution in [2.24, 2.45) is 0 Å². The Labute approximate surface area is 193 Å². The molecular formula is C25H17BrClNOS. The van der Waals surface area contributed by atoms with Crippen LogP contribution in [0.2, 0.25) is 5.02 Å². The van der Waals surface area contributed by atoms with E-state index < -0.39 is 0 Å². The summed E-state index contributed by atoms with van der Waals surface area (Å²) in [5.41, 5.74) is 3.40. The molecule has 5 heteroatoms. The van der Waals surface area contributed by atoms with Gasteiger partial charge in [0.2, 0.25) is 0 Å². The normalized spacial score (nSPS) is 11.3. The summed E-state index contributed by atoms with van der Waals surface area (Å²) in [5.74, 6) is -0.0647. The minimum atomic E-state index is -0.0647. The number of nitrogens with zero attached hydrogens (tertiary/aromatic N) is 1. The van der Waals surface area contributed by atoms with E-state index in [0.717, 1.165) is 31.4 Å². The number of pyridine rings is 1. The highest BCUT2D eigenvalue weighted by molar-refractivity contribution is 9.10. The van der Waals surface area contributed by atoms with Gasteiger partial charge in [-0.1, -0.05) is 75.7 Å². The first-order valence-corrected chi connectivity index (χ1v) is 11.3. The Bertz CT molecular complexity index is 1250. The van der Waals surface area contributed by atoms with Gasteiger partial charge in [0, 0.05) is 19.8 Å². The van der Waals surface area contributed by atoms with Gasteiger partial charge in [0.05, 0.1) is 11.1 Å². The van der Waals surface area contributed by atoms with Crippen LogP contribution in [0.3, 0.4) is 0 Å². The molecule has 1 aromatic heterocycles. The number of allylic oxidation sites excluding steroid dienone is 1. The van der Waals surface area contributed by atoms with E-state index in [1.165, 1.54) is 11.8 Å². The molecule has 0 saturated carbocycles. The minimum Gasteiger partial charge on any atom is -0.289 e. The van der Waals surface area contributed by atoms with Gasteiger partial charge < -0.3 is 0 Å². The van der Waals surface area contributed by atoms with Crippen molar-refractivity contribution >= 4 is 62.1 Å². The second kappa shape index (κ2) is 9.17. The molecule has 0 N–H and O–H groups in total. The lowest BCUT2D eigenvalue weighted by molar-refractivity contribution is 0.104. The highest BCUT2D eigenvalue weighted by Gasteiger charge is 2.18. The molecule has 3 aromatic carbocycles. The van der Waals surface area contributed by atoms with Gasteiger partial charge in [-0.2, -0.15) is 0 Å². The second-order valence-corrected chi connectivity index (χ2v) is 9.15. The third-order valence-electron chi connectivity index (χ3n) is 4.69. The lowest BCUT2D eigenvalue weighted by Gasteiger charge is -2.12. The molecule has 4 rings (SSSR count). The summed E-state index contributed by atoms with van der Waals surface area (Å²) < 4.78 is 1.00. The van der Waals surface area contributed by atoms with Crippen molar-refractivity contribution in [3.63, 3.8) is 0 Å². The Morgan fingerprint density at radius 2 is 1.70 bits per heavy atom. The Hall–Kier alpha value is -2.40. The van der Waals surface area contributed by atoms with E-state index in [2.05, 4.69) is 15.9 Å². The molecule has 0 amide bonds. The fourth-order valence-electron chi connectivity index (χ4n) is 3.16. The standard InChI is InChI=1S/C25H17BrClNOS/c1-16-21-4-2-3-5-22(21)28-25(30-20-13-11-19(27)12-14-20)24(16)23(29)15-8-17-6-9-18(26)10-7-17/h2-15H,1H3. The van der Waals surface area contributed by atoms with Crippen LogP contribution in [0, 0.1) is 6.92 Å². The second-order valence-electron chi connectivity index (χ2n) is 6.74. The molecule has 0 spiro atoms. The number of ketones is 1. The topological polar surface area (TPSA) is 30.0 Å². The number of hydrogen-bond donors (Lipinski definition) is 0. The van der Waals surface area contributed by atoms with Crippen LogP contribution >= 0.6 is 39.3 Å². The largest absolute Gasteiger partial charge is 0.289 e. The molecule has 2 nitrogen and oxygen atoms in total. The third-order valence-corrected chi connectivity index (χ3v) is 6.47. The molecule has 0 aliphatic rings. The van der Waals surface area contributed by atoms with Crippen LogP contribution in [0.4, 0.5) is 0 Å². The first-order valence-electron chi connectivity index (χ1n) is 9.32. The summed E-state index contributed by atoms with van der Waals surface area (Å²) in [6.45, 7) is 1.98. The van der Waals surface area contributed by atoms with E-state index in [1.807, 2.05) is 85.8 Å². The molecule has 0 bridgehead atoms. The van der Waals surface area contributed by atoms with Crippen LogP contribution in [0.25, 0.3) is 17.0 Å². The van der Waals surface area contributed by atoms with Crippen molar-refractivity contribution < 1.29 is 4.79 Å². The molecule has 0 aliphatic carbocycles. The summed E-state index contributed by atoms with van der Waals surface area (Å²) in [6, 6.07) is 23.3. The summed E-state index contributed by atoms with van der Waals surface area (Å²) in [6.07, 6.45) is 3.45. The van der Waals surface area contributed by atoms with Crippen molar-refractivity contribution in [3.8, 4) is 0 Å². The van der Waals surface area contributed by atoms with Gasteiger partial charge in [-0.25, -0.2) is 4.98 Å². The van der Waals surface area contributed by atoms with Gasteiger partial charge in [-0.3, -0.25) is 4.79 Å². The Kier molecular flexibility index (Phi) is 6.38. The highest BCUT2D eigenvalue weighted by atomic mass is 79.9. The number of benzene rings is 3. The van der Waals surface area contributed by atoms with Crippen LogP contribution in [0.1, 0.15) is 21.5 Å². The fourth-order valence-corrected chi connectivity index (χ4v) is 4.54. The monoisotopic (exact) mass is 493 g/mol. The van der Waals surface area contributed by atoms with Crippen LogP contribution in [0.15, 0.2) is 93.3 Å². The number of carbonyl (C=O) groups excluding carboxylic acids is 1. The molecule has 0 unspecified atom stereocenters. The zero-order valence-corrected chi connectivity index (χ0v) is 19.3. The molecule has 1 heterocycles. The maximum absolute atomic E-state index is 13.2. The number of para-hydroxylation sites is 1. The van der Waals surface area contributed by atoms with Gasteiger partial charge in [0.25, 0.3) is 0 Å². The Morgan fingerprint density at radius 3 is 2.43 bits per heavy atom. The summed E-state index contributed by atoms with van der Waals surface area (Å²) in [7, 11) is 0. The van der Waals surface area contributed by atoms with Crippen LogP contribution in [0.5, 0.6) is 0 Å². The third kappa shape index (κ3) is 4.67. The maximum atomic E-state index is 13.2. The van der Waals surface area contributed by atoms with Crippen molar-refractivity contribution in [2.75, 3.05) is 0 Å². The van der Waals surface area contributed by atoms with E-state index in [4.69, 9.17) is 16.6 Å². The molecule has 0 atom stereocenters. The Balaban J connectivity index is 1.77. The van der Waals surface area contributed by atoms with Crippen LogP contribution in [-0.4, -0.2) is 10.8 Å². The minimum absolute atomic E-state index is 0.0647. The lowest BCUT2D eigenvalue weighted by Crippen LogP contribution is -2.04.